The van der Waals surface area contributed by atoms with E-state index in [2.05, 4.69) is 31.3 Å². The first kappa shape index (κ1) is 13.6. The van der Waals surface area contributed by atoms with Crippen LogP contribution in [0.4, 0.5) is 0 Å². The molecule has 0 heterocycles. The Morgan fingerprint density at radius 3 is 2.21 bits per heavy atom. The lowest BCUT2D eigenvalue weighted by Crippen LogP contribution is -2.19. The van der Waals surface area contributed by atoms with Crippen LogP contribution in [-0.2, 0) is 0 Å². The van der Waals surface area contributed by atoms with Crippen molar-refractivity contribution in [2.24, 2.45) is 0 Å². The van der Waals surface area contributed by atoms with E-state index in [0.29, 0.717) is 6.04 Å². The van der Waals surface area contributed by atoms with Gasteiger partial charge in [-0.05, 0) is 49.7 Å². The molecule has 0 spiro atoms. The molecule has 0 fully saturated rings. The van der Waals surface area contributed by atoms with Crippen LogP contribution >= 0.6 is 0 Å². The Labute approximate surface area is 115 Å². The van der Waals surface area contributed by atoms with Crippen molar-refractivity contribution >= 4 is 0 Å². The van der Waals surface area contributed by atoms with E-state index in [1.54, 1.807) is 0 Å². The third-order valence-corrected chi connectivity index (χ3v) is 3.06. The van der Waals surface area contributed by atoms with Gasteiger partial charge in [0.25, 0.3) is 0 Å². The van der Waals surface area contributed by atoms with Crippen molar-refractivity contribution in [2.45, 2.75) is 26.3 Å². The average Bonchev–Trinajstić information content (AvgIpc) is 2.46. The summed E-state index contributed by atoms with van der Waals surface area (Å²) < 4.78 is 5.77. The number of hydrogen-bond acceptors (Lipinski definition) is 2. The normalized spacial score (nSPS) is 12.1. The van der Waals surface area contributed by atoms with Crippen LogP contribution in [0.2, 0.25) is 0 Å². The van der Waals surface area contributed by atoms with Gasteiger partial charge in [-0.25, -0.2) is 0 Å². The summed E-state index contributed by atoms with van der Waals surface area (Å²) in [6.45, 7) is 5.41. The van der Waals surface area contributed by atoms with E-state index in [-0.39, 0.29) is 0 Å². The van der Waals surface area contributed by atoms with Gasteiger partial charge in [-0.2, -0.15) is 0 Å². The second kappa shape index (κ2) is 6.95. The molecule has 0 radical (unpaired) electrons. The molecule has 2 aromatic rings. The molecule has 19 heavy (non-hydrogen) atoms. The molecule has 0 aliphatic heterocycles. The van der Waals surface area contributed by atoms with Gasteiger partial charge in [0.2, 0.25) is 0 Å². The number of nitrogens with one attached hydrogen (secondary N) is 1. The van der Waals surface area contributed by atoms with Crippen LogP contribution in [0, 0.1) is 0 Å². The largest absolute Gasteiger partial charge is 0.457 e. The van der Waals surface area contributed by atoms with Gasteiger partial charge in [0, 0.05) is 6.04 Å². The number of para-hydroxylation sites is 1. The first-order valence-corrected chi connectivity index (χ1v) is 6.86. The molecule has 2 nitrogen and oxygen atoms in total. The fraction of sp³-hybridized carbons (Fsp3) is 0.294. The monoisotopic (exact) mass is 255 g/mol. The summed E-state index contributed by atoms with van der Waals surface area (Å²) in [6, 6.07) is 18.5. The summed E-state index contributed by atoms with van der Waals surface area (Å²) in [5.41, 5.74) is 1.29. The number of rotatable bonds is 6. The minimum absolute atomic E-state index is 0.380. The Balaban J connectivity index is 1.98. The van der Waals surface area contributed by atoms with E-state index >= 15 is 0 Å². The smallest absolute Gasteiger partial charge is 0.127 e. The lowest BCUT2D eigenvalue weighted by molar-refractivity contribution is 0.481. The molecule has 0 amide bonds. The van der Waals surface area contributed by atoms with Crippen molar-refractivity contribution in [1.29, 1.82) is 0 Å². The van der Waals surface area contributed by atoms with Crippen molar-refractivity contribution < 1.29 is 4.74 Å². The van der Waals surface area contributed by atoms with E-state index in [0.717, 1.165) is 24.5 Å². The maximum absolute atomic E-state index is 5.77. The fourth-order valence-electron chi connectivity index (χ4n) is 1.93. The highest BCUT2D eigenvalue weighted by atomic mass is 16.5. The van der Waals surface area contributed by atoms with Gasteiger partial charge < -0.3 is 10.1 Å². The van der Waals surface area contributed by atoms with Gasteiger partial charge in [0.1, 0.15) is 11.5 Å². The number of hydrogen-bond donors (Lipinski definition) is 1. The minimum atomic E-state index is 0.380. The molecule has 0 aliphatic carbocycles. The number of benzene rings is 2. The molecule has 0 aromatic heterocycles. The molecule has 0 saturated heterocycles. The van der Waals surface area contributed by atoms with Crippen LogP contribution in [0.1, 0.15) is 31.9 Å². The molecule has 0 aliphatic rings. The highest BCUT2D eigenvalue weighted by Gasteiger charge is 2.04. The Kier molecular flexibility index (Phi) is 4.99. The Morgan fingerprint density at radius 1 is 0.947 bits per heavy atom. The molecule has 0 bridgehead atoms. The van der Waals surface area contributed by atoms with E-state index in [4.69, 9.17) is 4.74 Å². The van der Waals surface area contributed by atoms with Crippen LogP contribution in [0.25, 0.3) is 0 Å². The third-order valence-electron chi connectivity index (χ3n) is 3.06. The zero-order valence-corrected chi connectivity index (χ0v) is 11.6. The maximum atomic E-state index is 5.77. The Hall–Kier alpha value is -1.80. The summed E-state index contributed by atoms with van der Waals surface area (Å²) in [5, 5.41) is 3.48. The Bertz CT molecular complexity index is 478. The van der Waals surface area contributed by atoms with Crippen LogP contribution in [0.3, 0.4) is 0 Å². The Morgan fingerprint density at radius 2 is 1.58 bits per heavy atom. The molecular weight excluding hydrogens is 234 g/mol. The zero-order chi connectivity index (χ0) is 13.5. The van der Waals surface area contributed by atoms with Gasteiger partial charge in [-0.15, -0.1) is 0 Å². The van der Waals surface area contributed by atoms with Crippen LogP contribution in [0.5, 0.6) is 11.5 Å². The molecule has 1 atom stereocenters. The van der Waals surface area contributed by atoms with Crippen molar-refractivity contribution in [3.8, 4) is 11.5 Å². The van der Waals surface area contributed by atoms with Crippen molar-refractivity contribution in [1.82, 2.24) is 5.32 Å². The second-order valence-electron chi connectivity index (χ2n) is 4.66. The van der Waals surface area contributed by atoms with Crippen LogP contribution in [-0.4, -0.2) is 6.54 Å². The van der Waals surface area contributed by atoms with Crippen LogP contribution < -0.4 is 10.1 Å². The number of ether oxygens (including phenoxy) is 1. The first-order valence-electron chi connectivity index (χ1n) is 6.86. The SMILES string of the molecule is CCCNC(C)c1ccc(Oc2ccccc2)cc1. The second-order valence-corrected chi connectivity index (χ2v) is 4.66. The summed E-state index contributed by atoms with van der Waals surface area (Å²) in [5.74, 6) is 1.74. The zero-order valence-electron chi connectivity index (χ0n) is 11.6. The maximum Gasteiger partial charge on any atom is 0.127 e. The third kappa shape index (κ3) is 4.11. The van der Waals surface area contributed by atoms with Crippen LogP contribution in [0.15, 0.2) is 54.6 Å². The highest BCUT2D eigenvalue weighted by Crippen LogP contribution is 2.23. The standard InChI is InChI=1S/C17H21NO/c1-3-13-18-14(2)15-9-11-17(12-10-15)19-16-7-5-4-6-8-16/h4-12,14,18H,3,13H2,1-2H3. The minimum Gasteiger partial charge on any atom is -0.457 e. The van der Waals surface area contributed by atoms with Gasteiger partial charge in [-0.1, -0.05) is 37.3 Å². The van der Waals surface area contributed by atoms with Gasteiger partial charge in [0.05, 0.1) is 0 Å². The van der Waals surface area contributed by atoms with Crippen molar-refractivity contribution in [3.05, 3.63) is 60.2 Å². The lowest BCUT2D eigenvalue weighted by atomic mass is 10.1. The van der Waals surface area contributed by atoms with Crippen molar-refractivity contribution in [2.75, 3.05) is 6.54 Å². The van der Waals surface area contributed by atoms with E-state index < -0.39 is 0 Å². The van der Waals surface area contributed by atoms with Gasteiger partial charge >= 0.3 is 0 Å². The average molecular weight is 255 g/mol. The van der Waals surface area contributed by atoms with E-state index in [1.165, 1.54) is 5.56 Å². The quantitative estimate of drug-likeness (QED) is 0.818. The predicted octanol–water partition coefficient (Wildman–Crippen LogP) is 4.54. The molecular formula is C17H21NO. The molecule has 0 saturated carbocycles. The summed E-state index contributed by atoms with van der Waals surface area (Å²) in [4.78, 5) is 0. The molecule has 2 aromatic carbocycles. The van der Waals surface area contributed by atoms with Gasteiger partial charge in [-0.3, -0.25) is 0 Å². The molecule has 1 N–H and O–H groups in total. The summed E-state index contributed by atoms with van der Waals surface area (Å²) in [6.07, 6.45) is 1.15. The molecule has 100 valence electrons. The summed E-state index contributed by atoms with van der Waals surface area (Å²) in [7, 11) is 0. The van der Waals surface area contributed by atoms with Gasteiger partial charge in [0.15, 0.2) is 0 Å². The predicted molar refractivity (Wildman–Crippen MR) is 79.7 cm³/mol. The topological polar surface area (TPSA) is 21.3 Å². The van der Waals surface area contributed by atoms with E-state index in [9.17, 15) is 0 Å². The van der Waals surface area contributed by atoms with Crippen molar-refractivity contribution in [3.63, 3.8) is 0 Å². The summed E-state index contributed by atoms with van der Waals surface area (Å²) >= 11 is 0. The first-order chi connectivity index (χ1) is 9.29. The highest BCUT2D eigenvalue weighted by molar-refractivity contribution is 5.33. The van der Waals surface area contributed by atoms with E-state index in [1.807, 2.05) is 42.5 Å². The fourth-order valence-corrected chi connectivity index (χ4v) is 1.93. The molecule has 2 heteroatoms. The molecule has 2 rings (SSSR count). The molecule has 1 unspecified atom stereocenters. The lowest BCUT2D eigenvalue weighted by Gasteiger charge is -2.14.